The van der Waals surface area contributed by atoms with Crippen molar-refractivity contribution in [2.45, 2.75) is 19.8 Å². The van der Waals surface area contributed by atoms with E-state index in [2.05, 4.69) is 20.4 Å². The summed E-state index contributed by atoms with van der Waals surface area (Å²) in [7, 11) is 0. The topological polar surface area (TPSA) is 76.6 Å². The van der Waals surface area contributed by atoms with Crippen molar-refractivity contribution in [3.8, 4) is 22.8 Å². The van der Waals surface area contributed by atoms with E-state index in [4.69, 9.17) is 9.47 Å². The molecular formula is C24H26N4O3. The summed E-state index contributed by atoms with van der Waals surface area (Å²) in [5.74, 6) is 1.97. The normalized spacial score (nSPS) is 13.1. The molecule has 1 aromatic heterocycles. The fourth-order valence-corrected chi connectivity index (χ4v) is 3.52. The lowest BCUT2D eigenvalue weighted by Gasteiger charge is -2.15. The number of carbonyl (C=O) groups excluding carboxylic acids is 1. The van der Waals surface area contributed by atoms with Crippen LogP contribution in [0.1, 0.15) is 19.8 Å². The van der Waals surface area contributed by atoms with Gasteiger partial charge in [0.1, 0.15) is 11.5 Å². The Morgan fingerprint density at radius 2 is 1.74 bits per heavy atom. The van der Waals surface area contributed by atoms with Gasteiger partial charge in [0.05, 0.1) is 12.3 Å². The van der Waals surface area contributed by atoms with Crippen LogP contribution in [0.5, 0.6) is 11.5 Å². The molecule has 1 aliphatic heterocycles. The molecule has 1 N–H and O–H groups in total. The molecule has 0 aliphatic carbocycles. The first-order valence-electron chi connectivity index (χ1n) is 10.6. The smallest absolute Gasteiger partial charge is 0.262 e. The molecule has 160 valence electrons. The standard InChI is InChI=1S/C24H26N4O3/c1-2-30-20-9-6-10-21(16-20)31-17-24(29)25-19-8-5-7-18(15-19)22-11-12-23(27-26-22)28-13-3-4-14-28/h5-12,15-16H,2-4,13-14,17H2,1H3,(H,25,29). The van der Waals surface area contributed by atoms with Gasteiger partial charge in [-0.05, 0) is 56.2 Å². The fourth-order valence-electron chi connectivity index (χ4n) is 3.52. The van der Waals surface area contributed by atoms with Crippen molar-refractivity contribution < 1.29 is 14.3 Å². The molecule has 3 aromatic rings. The summed E-state index contributed by atoms with van der Waals surface area (Å²) in [4.78, 5) is 14.6. The quantitative estimate of drug-likeness (QED) is 0.592. The maximum atomic E-state index is 12.3. The minimum absolute atomic E-state index is 0.0931. The third-order valence-electron chi connectivity index (χ3n) is 5.01. The molecule has 4 rings (SSSR count). The van der Waals surface area contributed by atoms with Crippen molar-refractivity contribution in [3.63, 3.8) is 0 Å². The van der Waals surface area contributed by atoms with Gasteiger partial charge in [0.25, 0.3) is 5.91 Å². The van der Waals surface area contributed by atoms with E-state index in [0.29, 0.717) is 23.8 Å². The first-order chi connectivity index (χ1) is 15.2. The lowest BCUT2D eigenvalue weighted by Crippen LogP contribution is -2.20. The second-order valence-electron chi connectivity index (χ2n) is 7.30. The Kier molecular flexibility index (Phi) is 6.62. The number of aromatic nitrogens is 2. The summed E-state index contributed by atoms with van der Waals surface area (Å²) in [6.45, 7) is 4.47. The number of rotatable bonds is 8. The van der Waals surface area contributed by atoms with Gasteiger partial charge in [-0.2, -0.15) is 0 Å². The van der Waals surface area contributed by atoms with Crippen LogP contribution in [0.25, 0.3) is 11.3 Å². The van der Waals surface area contributed by atoms with E-state index in [1.54, 1.807) is 12.1 Å². The summed E-state index contributed by atoms with van der Waals surface area (Å²) in [6, 6.07) is 18.8. The highest BCUT2D eigenvalue weighted by Gasteiger charge is 2.14. The zero-order chi connectivity index (χ0) is 21.5. The second kappa shape index (κ2) is 9.93. The van der Waals surface area contributed by atoms with Gasteiger partial charge in [-0.25, -0.2) is 0 Å². The van der Waals surface area contributed by atoms with E-state index >= 15 is 0 Å². The zero-order valence-electron chi connectivity index (χ0n) is 17.6. The highest BCUT2D eigenvalue weighted by Crippen LogP contribution is 2.23. The molecule has 2 heterocycles. The Morgan fingerprint density at radius 3 is 2.48 bits per heavy atom. The number of nitrogens with one attached hydrogen (secondary N) is 1. The van der Waals surface area contributed by atoms with Crippen LogP contribution in [0.15, 0.2) is 60.7 Å². The summed E-state index contributed by atoms with van der Waals surface area (Å²) in [5, 5.41) is 11.6. The molecule has 31 heavy (non-hydrogen) atoms. The van der Waals surface area contributed by atoms with Crippen molar-refractivity contribution in [3.05, 3.63) is 60.7 Å². The van der Waals surface area contributed by atoms with Crippen LogP contribution in [-0.2, 0) is 4.79 Å². The lowest BCUT2D eigenvalue weighted by molar-refractivity contribution is -0.118. The van der Waals surface area contributed by atoms with Crippen molar-refractivity contribution >= 4 is 17.4 Å². The van der Waals surface area contributed by atoms with E-state index in [1.165, 1.54) is 12.8 Å². The van der Waals surface area contributed by atoms with E-state index in [1.807, 2.05) is 55.5 Å². The maximum absolute atomic E-state index is 12.3. The molecule has 0 spiro atoms. The van der Waals surface area contributed by atoms with Crippen molar-refractivity contribution in [1.29, 1.82) is 0 Å². The molecule has 7 nitrogen and oxygen atoms in total. The number of anilines is 2. The fraction of sp³-hybridized carbons (Fsp3) is 0.292. The average Bonchev–Trinajstić information content (AvgIpc) is 3.34. The molecule has 7 heteroatoms. The molecule has 1 fully saturated rings. The second-order valence-corrected chi connectivity index (χ2v) is 7.30. The van der Waals surface area contributed by atoms with Crippen LogP contribution in [0.4, 0.5) is 11.5 Å². The Balaban J connectivity index is 1.35. The molecule has 1 aliphatic rings. The number of amides is 1. The zero-order valence-corrected chi connectivity index (χ0v) is 17.6. The van der Waals surface area contributed by atoms with Gasteiger partial charge in [-0.3, -0.25) is 4.79 Å². The van der Waals surface area contributed by atoms with Crippen LogP contribution in [-0.4, -0.2) is 42.4 Å². The van der Waals surface area contributed by atoms with Crippen molar-refractivity contribution in [1.82, 2.24) is 10.2 Å². The number of hydrogen-bond donors (Lipinski definition) is 1. The molecule has 1 amide bonds. The number of benzene rings is 2. The van der Waals surface area contributed by atoms with E-state index < -0.39 is 0 Å². The van der Waals surface area contributed by atoms with Crippen LogP contribution < -0.4 is 19.7 Å². The number of carbonyl (C=O) groups is 1. The minimum Gasteiger partial charge on any atom is -0.494 e. The Labute approximate surface area is 182 Å². The van der Waals surface area contributed by atoms with Gasteiger partial charge in [0.2, 0.25) is 0 Å². The van der Waals surface area contributed by atoms with Gasteiger partial charge < -0.3 is 19.7 Å². The Morgan fingerprint density at radius 1 is 0.968 bits per heavy atom. The van der Waals surface area contributed by atoms with E-state index in [9.17, 15) is 4.79 Å². The number of ether oxygens (including phenoxy) is 2. The van der Waals surface area contributed by atoms with Crippen molar-refractivity contribution in [2.24, 2.45) is 0 Å². The van der Waals surface area contributed by atoms with Gasteiger partial charge >= 0.3 is 0 Å². The van der Waals surface area contributed by atoms with Gasteiger partial charge in [-0.15, -0.1) is 10.2 Å². The molecule has 0 unspecified atom stereocenters. The SMILES string of the molecule is CCOc1cccc(OCC(=O)Nc2cccc(-c3ccc(N4CCCC4)nn3)c2)c1. The Bertz CT molecular complexity index is 1020. The molecule has 0 saturated carbocycles. The molecule has 0 radical (unpaired) electrons. The summed E-state index contributed by atoms with van der Waals surface area (Å²) in [5.41, 5.74) is 2.34. The summed E-state index contributed by atoms with van der Waals surface area (Å²) >= 11 is 0. The predicted molar refractivity (Wildman–Crippen MR) is 121 cm³/mol. The molecule has 0 bridgehead atoms. The molecule has 0 atom stereocenters. The molecule has 2 aromatic carbocycles. The molecular weight excluding hydrogens is 392 g/mol. The van der Waals surface area contributed by atoms with Crippen LogP contribution in [0, 0.1) is 0 Å². The predicted octanol–water partition coefficient (Wildman–Crippen LogP) is 4.16. The van der Waals surface area contributed by atoms with Gasteiger partial charge in [-0.1, -0.05) is 18.2 Å². The lowest BCUT2D eigenvalue weighted by atomic mass is 10.1. The summed E-state index contributed by atoms with van der Waals surface area (Å²) < 4.78 is 11.0. The molecule has 1 saturated heterocycles. The third kappa shape index (κ3) is 5.51. The van der Waals surface area contributed by atoms with Crippen molar-refractivity contribution in [2.75, 3.05) is 36.5 Å². The number of hydrogen-bond acceptors (Lipinski definition) is 6. The van der Waals surface area contributed by atoms with Crippen LogP contribution >= 0.6 is 0 Å². The summed E-state index contributed by atoms with van der Waals surface area (Å²) in [6.07, 6.45) is 2.40. The Hall–Kier alpha value is -3.61. The van der Waals surface area contributed by atoms with Crippen LogP contribution in [0.2, 0.25) is 0 Å². The third-order valence-corrected chi connectivity index (χ3v) is 5.01. The number of nitrogens with zero attached hydrogens (tertiary/aromatic N) is 3. The van der Waals surface area contributed by atoms with E-state index in [0.717, 1.165) is 30.2 Å². The van der Waals surface area contributed by atoms with E-state index in [-0.39, 0.29) is 12.5 Å². The van der Waals surface area contributed by atoms with Crippen LogP contribution in [0.3, 0.4) is 0 Å². The minimum atomic E-state index is -0.241. The highest BCUT2D eigenvalue weighted by atomic mass is 16.5. The largest absolute Gasteiger partial charge is 0.494 e. The van der Waals surface area contributed by atoms with Gasteiger partial charge in [0, 0.05) is 30.4 Å². The highest BCUT2D eigenvalue weighted by molar-refractivity contribution is 5.92. The monoisotopic (exact) mass is 418 g/mol. The van der Waals surface area contributed by atoms with Gasteiger partial charge in [0.15, 0.2) is 12.4 Å². The average molecular weight is 418 g/mol. The maximum Gasteiger partial charge on any atom is 0.262 e. The first kappa shape index (κ1) is 20.7. The first-order valence-corrected chi connectivity index (χ1v) is 10.6.